The second-order valence-electron chi connectivity index (χ2n) is 6.21. The highest BCUT2D eigenvalue weighted by Gasteiger charge is 2.31. The zero-order valence-corrected chi connectivity index (χ0v) is 13.2. The van der Waals surface area contributed by atoms with Crippen LogP contribution in [-0.2, 0) is 9.47 Å². The van der Waals surface area contributed by atoms with Crippen molar-refractivity contribution in [2.75, 3.05) is 51.4 Å². The van der Waals surface area contributed by atoms with Gasteiger partial charge in [0.05, 0.1) is 19.8 Å². The van der Waals surface area contributed by atoms with Gasteiger partial charge < -0.3 is 19.2 Å². The van der Waals surface area contributed by atoms with Gasteiger partial charge in [-0.2, -0.15) is 4.98 Å². The summed E-state index contributed by atoms with van der Waals surface area (Å²) in [6.45, 7) is 6.12. The Morgan fingerprint density at radius 3 is 2.83 bits per heavy atom. The molecule has 0 saturated carbocycles. The van der Waals surface area contributed by atoms with E-state index in [0.29, 0.717) is 18.0 Å². The summed E-state index contributed by atoms with van der Waals surface area (Å²) in [6, 6.07) is 8.87. The number of ether oxygens (including phenoxy) is 2. The van der Waals surface area contributed by atoms with Gasteiger partial charge in [0.15, 0.2) is 5.58 Å². The van der Waals surface area contributed by atoms with Gasteiger partial charge in [0.1, 0.15) is 5.52 Å². The topological polar surface area (TPSA) is 59.8 Å². The number of nitrogens with zero attached hydrogens (tertiary/aromatic N) is 2. The van der Waals surface area contributed by atoms with Crippen LogP contribution in [0.25, 0.3) is 11.1 Å². The van der Waals surface area contributed by atoms with Gasteiger partial charge in [-0.3, -0.25) is 4.90 Å². The molecule has 2 fully saturated rings. The number of benzene rings is 1. The predicted molar refractivity (Wildman–Crippen MR) is 87.6 cm³/mol. The zero-order valence-electron chi connectivity index (χ0n) is 13.2. The maximum absolute atomic E-state index is 5.77. The van der Waals surface area contributed by atoms with Crippen LogP contribution in [0, 0.1) is 5.92 Å². The number of hydrogen-bond acceptors (Lipinski definition) is 6. The summed E-state index contributed by atoms with van der Waals surface area (Å²) in [4.78, 5) is 7.02. The van der Waals surface area contributed by atoms with E-state index in [4.69, 9.17) is 13.9 Å². The largest absolute Gasteiger partial charge is 0.424 e. The third-order valence-corrected chi connectivity index (χ3v) is 4.78. The Bertz CT molecular complexity index is 600. The number of hydrogen-bond donors (Lipinski definition) is 1. The third-order valence-electron chi connectivity index (χ3n) is 4.78. The van der Waals surface area contributed by atoms with Crippen molar-refractivity contribution in [2.45, 2.75) is 12.5 Å². The van der Waals surface area contributed by atoms with Crippen LogP contribution in [0.4, 0.5) is 6.01 Å². The second-order valence-corrected chi connectivity index (χ2v) is 6.21. The lowest BCUT2D eigenvalue weighted by Crippen LogP contribution is -2.50. The fourth-order valence-corrected chi connectivity index (χ4v) is 3.50. The molecule has 6 heteroatoms. The monoisotopic (exact) mass is 317 g/mol. The van der Waals surface area contributed by atoms with Crippen molar-refractivity contribution < 1.29 is 13.9 Å². The lowest BCUT2D eigenvalue weighted by molar-refractivity contribution is 0.00451. The maximum Gasteiger partial charge on any atom is 0.295 e. The molecule has 4 rings (SSSR count). The van der Waals surface area contributed by atoms with E-state index in [1.165, 1.54) is 0 Å². The van der Waals surface area contributed by atoms with Gasteiger partial charge in [-0.25, -0.2) is 0 Å². The molecule has 1 aromatic carbocycles. The normalized spacial score (nSPS) is 24.1. The SMILES string of the molecule is c1ccc2oc(NC[C@@H]([C@@H]3CCOC3)N3CCOCC3)nc2c1. The van der Waals surface area contributed by atoms with Gasteiger partial charge in [0.2, 0.25) is 0 Å². The number of rotatable bonds is 5. The molecule has 1 N–H and O–H groups in total. The number of morpholine rings is 1. The van der Waals surface area contributed by atoms with Crippen molar-refractivity contribution in [3.05, 3.63) is 24.3 Å². The minimum absolute atomic E-state index is 0.427. The Hall–Kier alpha value is -1.63. The fraction of sp³-hybridized carbons (Fsp3) is 0.588. The van der Waals surface area contributed by atoms with E-state index < -0.39 is 0 Å². The van der Waals surface area contributed by atoms with Crippen molar-refractivity contribution in [1.29, 1.82) is 0 Å². The van der Waals surface area contributed by atoms with Crippen molar-refractivity contribution >= 4 is 17.1 Å². The van der Waals surface area contributed by atoms with Crippen LogP contribution in [0.5, 0.6) is 0 Å². The summed E-state index contributed by atoms with van der Waals surface area (Å²) in [6.07, 6.45) is 1.12. The molecule has 124 valence electrons. The van der Waals surface area contributed by atoms with E-state index in [1.54, 1.807) is 0 Å². The van der Waals surface area contributed by atoms with Gasteiger partial charge in [0, 0.05) is 38.2 Å². The molecule has 6 nitrogen and oxygen atoms in total. The molecule has 2 atom stereocenters. The first-order chi connectivity index (χ1) is 11.4. The molecule has 1 aromatic heterocycles. The van der Waals surface area contributed by atoms with Crippen LogP contribution < -0.4 is 5.32 Å². The van der Waals surface area contributed by atoms with Gasteiger partial charge >= 0.3 is 0 Å². The molecule has 2 aliphatic heterocycles. The lowest BCUT2D eigenvalue weighted by atomic mass is 9.97. The van der Waals surface area contributed by atoms with Crippen LogP contribution in [0.1, 0.15) is 6.42 Å². The highest BCUT2D eigenvalue weighted by Crippen LogP contribution is 2.24. The molecule has 2 aliphatic rings. The van der Waals surface area contributed by atoms with Gasteiger partial charge in [-0.05, 0) is 18.6 Å². The molecule has 0 amide bonds. The zero-order chi connectivity index (χ0) is 15.5. The molecule has 2 aromatic rings. The van der Waals surface area contributed by atoms with Crippen LogP contribution >= 0.6 is 0 Å². The molecule has 0 bridgehead atoms. The first-order valence-corrected chi connectivity index (χ1v) is 8.39. The van der Waals surface area contributed by atoms with E-state index in [9.17, 15) is 0 Å². The summed E-state index contributed by atoms with van der Waals surface area (Å²) in [5.74, 6) is 0.560. The maximum atomic E-state index is 5.77. The van der Waals surface area contributed by atoms with Gasteiger partial charge in [0.25, 0.3) is 6.01 Å². The van der Waals surface area contributed by atoms with E-state index in [0.717, 1.165) is 63.6 Å². The van der Waals surface area contributed by atoms with E-state index in [-0.39, 0.29) is 0 Å². The molecule has 0 aliphatic carbocycles. The minimum Gasteiger partial charge on any atom is -0.424 e. The Kier molecular flexibility index (Phi) is 4.46. The van der Waals surface area contributed by atoms with Crippen molar-refractivity contribution in [1.82, 2.24) is 9.88 Å². The number of fused-ring (bicyclic) bond motifs is 1. The number of anilines is 1. The summed E-state index contributed by atoms with van der Waals surface area (Å²) in [5.41, 5.74) is 1.71. The Balaban J connectivity index is 1.45. The lowest BCUT2D eigenvalue weighted by Gasteiger charge is -2.37. The molecular formula is C17H23N3O3. The van der Waals surface area contributed by atoms with Crippen LogP contribution in [-0.4, -0.2) is 62.0 Å². The number of para-hydroxylation sites is 2. The molecule has 0 unspecified atom stereocenters. The van der Waals surface area contributed by atoms with Gasteiger partial charge in [-0.15, -0.1) is 0 Å². The van der Waals surface area contributed by atoms with Crippen LogP contribution in [0.15, 0.2) is 28.7 Å². The first kappa shape index (κ1) is 14.9. The fourth-order valence-electron chi connectivity index (χ4n) is 3.50. The van der Waals surface area contributed by atoms with Crippen molar-refractivity contribution in [3.8, 4) is 0 Å². The minimum atomic E-state index is 0.427. The molecule has 3 heterocycles. The van der Waals surface area contributed by atoms with Crippen LogP contribution in [0.2, 0.25) is 0 Å². The Labute approximate surface area is 135 Å². The Morgan fingerprint density at radius 2 is 2.04 bits per heavy atom. The Morgan fingerprint density at radius 1 is 1.17 bits per heavy atom. The summed E-state index contributed by atoms with van der Waals surface area (Å²) in [5, 5.41) is 3.39. The number of aromatic nitrogens is 1. The number of oxazole rings is 1. The molecule has 2 saturated heterocycles. The average molecular weight is 317 g/mol. The number of nitrogens with one attached hydrogen (secondary N) is 1. The van der Waals surface area contributed by atoms with Crippen molar-refractivity contribution in [3.63, 3.8) is 0 Å². The molecule has 0 spiro atoms. The van der Waals surface area contributed by atoms with Crippen LogP contribution in [0.3, 0.4) is 0 Å². The molecular weight excluding hydrogens is 294 g/mol. The average Bonchev–Trinajstić information content (AvgIpc) is 3.25. The smallest absolute Gasteiger partial charge is 0.295 e. The van der Waals surface area contributed by atoms with Gasteiger partial charge in [-0.1, -0.05) is 12.1 Å². The third kappa shape index (κ3) is 3.34. The van der Waals surface area contributed by atoms with Crippen molar-refractivity contribution in [2.24, 2.45) is 5.92 Å². The molecule has 0 radical (unpaired) electrons. The standard InChI is InChI=1S/C17H23N3O3/c1-2-4-16-14(3-1)19-17(23-16)18-11-15(13-5-8-22-12-13)20-6-9-21-10-7-20/h1-4,13,15H,5-12H2,(H,18,19)/t13-,15+/m1/s1. The quantitative estimate of drug-likeness (QED) is 0.910. The highest BCUT2D eigenvalue weighted by atomic mass is 16.5. The van der Waals surface area contributed by atoms with E-state index in [1.807, 2.05) is 24.3 Å². The van der Waals surface area contributed by atoms with E-state index in [2.05, 4.69) is 15.2 Å². The first-order valence-electron chi connectivity index (χ1n) is 8.39. The summed E-state index contributed by atoms with van der Waals surface area (Å²) >= 11 is 0. The second kappa shape index (κ2) is 6.86. The summed E-state index contributed by atoms with van der Waals surface area (Å²) < 4.78 is 16.9. The predicted octanol–water partition coefficient (Wildman–Crippen LogP) is 1.98. The summed E-state index contributed by atoms with van der Waals surface area (Å²) in [7, 11) is 0. The highest BCUT2D eigenvalue weighted by molar-refractivity contribution is 5.74. The molecule has 23 heavy (non-hydrogen) atoms. The van der Waals surface area contributed by atoms with E-state index >= 15 is 0 Å².